The van der Waals surface area contributed by atoms with Gasteiger partial charge in [-0.1, -0.05) is 0 Å². The highest BCUT2D eigenvalue weighted by Gasteiger charge is 2.35. The highest BCUT2D eigenvalue weighted by Crippen LogP contribution is 2.35. The van der Waals surface area contributed by atoms with Crippen LogP contribution in [0.1, 0.15) is 27.3 Å². The molecule has 0 amide bonds. The second-order valence-corrected chi connectivity index (χ2v) is 4.94. The van der Waals surface area contributed by atoms with Gasteiger partial charge in [-0.15, -0.1) is 11.3 Å². The molecule has 0 radical (unpaired) electrons. The Morgan fingerprint density at radius 1 is 1.44 bits per heavy atom. The summed E-state index contributed by atoms with van der Waals surface area (Å²) in [5, 5.41) is 3.26. The van der Waals surface area contributed by atoms with Gasteiger partial charge in [0.2, 0.25) is 0 Å². The van der Waals surface area contributed by atoms with E-state index in [0.717, 1.165) is 11.9 Å². The highest BCUT2D eigenvalue weighted by atomic mass is 32.1. The molecule has 0 saturated heterocycles. The molecule has 0 spiro atoms. The molecular weight excluding hydrogens is 265 g/mol. The maximum absolute atomic E-state index is 12.4. The molecule has 2 aromatic heterocycles. The lowest BCUT2D eigenvalue weighted by Crippen LogP contribution is -2.11. The Morgan fingerprint density at radius 2 is 2.11 bits per heavy atom. The molecule has 2 heterocycles. The first-order valence-electron chi connectivity index (χ1n) is 5.08. The van der Waals surface area contributed by atoms with E-state index in [1.54, 1.807) is 17.8 Å². The van der Waals surface area contributed by atoms with Crippen LogP contribution in [-0.2, 0) is 13.2 Å². The normalized spacial score (nSPS) is 13.9. The van der Waals surface area contributed by atoms with Gasteiger partial charge in [0.15, 0.2) is 5.01 Å². The van der Waals surface area contributed by atoms with Gasteiger partial charge >= 0.3 is 6.18 Å². The van der Waals surface area contributed by atoms with Crippen LogP contribution >= 0.6 is 11.3 Å². The molecule has 2 aromatic rings. The fraction of sp³-hybridized carbons (Fsp3) is 0.400. The number of hydrogen-bond acceptors (Lipinski definition) is 4. The molecule has 18 heavy (non-hydrogen) atoms. The standard InChI is InChI=1S/C10H11F3N4S/c1-5-3-6(16-17(5)2)8(14)7-4-15-9(18-7)10(11,12)13/h3-4,8H,14H2,1-2H3. The first-order valence-corrected chi connectivity index (χ1v) is 5.89. The molecule has 0 aromatic carbocycles. The summed E-state index contributed by atoms with van der Waals surface area (Å²) in [6, 6.07) is 1.07. The summed E-state index contributed by atoms with van der Waals surface area (Å²) >= 11 is 0.548. The van der Waals surface area contributed by atoms with Crippen LogP contribution in [0.4, 0.5) is 13.2 Å². The third-order valence-corrected chi connectivity index (χ3v) is 3.65. The maximum atomic E-state index is 12.4. The summed E-state index contributed by atoms with van der Waals surface area (Å²) in [4.78, 5) is 3.69. The van der Waals surface area contributed by atoms with Crippen LogP contribution in [0.25, 0.3) is 0 Å². The van der Waals surface area contributed by atoms with Crippen LogP contribution in [0.5, 0.6) is 0 Å². The molecule has 2 rings (SSSR count). The Bertz CT molecular complexity index is 538. The Balaban J connectivity index is 2.29. The summed E-state index contributed by atoms with van der Waals surface area (Å²) in [5.74, 6) is 0. The van der Waals surface area contributed by atoms with Crippen LogP contribution in [0.3, 0.4) is 0 Å². The fourth-order valence-corrected chi connectivity index (χ4v) is 2.25. The minimum atomic E-state index is -4.43. The lowest BCUT2D eigenvalue weighted by Gasteiger charge is -2.04. The largest absolute Gasteiger partial charge is 0.443 e. The number of halogens is 3. The topological polar surface area (TPSA) is 56.7 Å². The van der Waals surface area contributed by atoms with Crippen molar-refractivity contribution >= 4 is 11.3 Å². The molecule has 2 N–H and O–H groups in total. The monoisotopic (exact) mass is 276 g/mol. The molecule has 0 aliphatic rings. The van der Waals surface area contributed by atoms with Crippen molar-refractivity contribution in [2.24, 2.45) is 12.8 Å². The molecule has 1 unspecified atom stereocenters. The second-order valence-electron chi connectivity index (χ2n) is 3.88. The van der Waals surface area contributed by atoms with E-state index in [2.05, 4.69) is 10.1 Å². The minimum absolute atomic E-state index is 0.348. The van der Waals surface area contributed by atoms with E-state index in [1.165, 1.54) is 0 Å². The Kier molecular flexibility index (Phi) is 3.16. The van der Waals surface area contributed by atoms with E-state index < -0.39 is 17.2 Å². The molecule has 4 nitrogen and oxygen atoms in total. The van der Waals surface area contributed by atoms with Crippen LogP contribution in [0.2, 0.25) is 0 Å². The summed E-state index contributed by atoms with van der Waals surface area (Å²) in [7, 11) is 1.75. The number of alkyl halides is 3. The van der Waals surface area contributed by atoms with Crippen molar-refractivity contribution in [2.75, 3.05) is 0 Å². The first-order chi connectivity index (χ1) is 8.29. The van der Waals surface area contributed by atoms with E-state index in [4.69, 9.17) is 5.73 Å². The number of rotatable bonds is 2. The van der Waals surface area contributed by atoms with Gasteiger partial charge in [-0.05, 0) is 13.0 Å². The van der Waals surface area contributed by atoms with Gasteiger partial charge in [-0.3, -0.25) is 4.68 Å². The van der Waals surface area contributed by atoms with Crippen LogP contribution in [-0.4, -0.2) is 14.8 Å². The van der Waals surface area contributed by atoms with Crippen molar-refractivity contribution in [3.63, 3.8) is 0 Å². The Morgan fingerprint density at radius 3 is 2.56 bits per heavy atom. The lowest BCUT2D eigenvalue weighted by molar-refractivity contribution is -0.137. The van der Waals surface area contributed by atoms with Crippen molar-refractivity contribution in [1.82, 2.24) is 14.8 Å². The van der Waals surface area contributed by atoms with Gasteiger partial charge in [0.25, 0.3) is 0 Å². The zero-order valence-electron chi connectivity index (χ0n) is 9.69. The van der Waals surface area contributed by atoms with Gasteiger partial charge in [0.05, 0.1) is 11.7 Å². The molecule has 1 atom stereocenters. The number of nitrogens with zero attached hydrogens (tertiary/aromatic N) is 3. The average Bonchev–Trinajstić information content (AvgIpc) is 2.85. The van der Waals surface area contributed by atoms with Crippen LogP contribution in [0.15, 0.2) is 12.3 Å². The molecule has 0 saturated carbocycles. The third kappa shape index (κ3) is 2.39. The fourth-order valence-electron chi connectivity index (χ4n) is 1.45. The van der Waals surface area contributed by atoms with E-state index in [1.807, 2.05) is 6.92 Å². The summed E-state index contributed by atoms with van der Waals surface area (Å²) < 4.78 is 38.9. The number of aromatic nitrogens is 3. The van der Waals surface area contributed by atoms with E-state index >= 15 is 0 Å². The first kappa shape index (κ1) is 13.0. The molecule has 98 valence electrons. The third-order valence-electron chi connectivity index (χ3n) is 2.52. The zero-order valence-corrected chi connectivity index (χ0v) is 10.5. The van der Waals surface area contributed by atoms with Gasteiger partial charge in [-0.25, -0.2) is 4.98 Å². The van der Waals surface area contributed by atoms with Crippen LogP contribution in [0, 0.1) is 6.92 Å². The summed E-state index contributed by atoms with van der Waals surface area (Å²) in [5.41, 5.74) is 7.31. The number of hydrogen-bond donors (Lipinski definition) is 1. The Hall–Kier alpha value is -1.41. The Labute approximate surface area is 105 Å². The summed E-state index contributed by atoms with van der Waals surface area (Å²) in [6.07, 6.45) is -3.27. The predicted octanol–water partition coefficient (Wildman–Crippen LogP) is 2.25. The van der Waals surface area contributed by atoms with E-state index in [9.17, 15) is 13.2 Å². The number of nitrogens with two attached hydrogens (primary N) is 1. The van der Waals surface area contributed by atoms with Crippen molar-refractivity contribution < 1.29 is 13.2 Å². The van der Waals surface area contributed by atoms with Crippen molar-refractivity contribution in [1.29, 1.82) is 0 Å². The minimum Gasteiger partial charge on any atom is -0.318 e. The molecule has 0 fully saturated rings. The summed E-state index contributed by atoms with van der Waals surface area (Å²) in [6.45, 7) is 1.84. The molecule has 0 bridgehead atoms. The molecule has 0 aliphatic carbocycles. The number of aryl methyl sites for hydroxylation is 2. The van der Waals surface area contributed by atoms with Gasteiger partial charge in [-0.2, -0.15) is 18.3 Å². The smallest absolute Gasteiger partial charge is 0.318 e. The van der Waals surface area contributed by atoms with Crippen molar-refractivity contribution in [2.45, 2.75) is 19.1 Å². The molecule has 8 heteroatoms. The van der Waals surface area contributed by atoms with Crippen LogP contribution < -0.4 is 5.73 Å². The highest BCUT2D eigenvalue weighted by molar-refractivity contribution is 7.11. The predicted molar refractivity (Wildman–Crippen MR) is 61.1 cm³/mol. The molecule has 0 aliphatic heterocycles. The maximum Gasteiger partial charge on any atom is 0.443 e. The molecular formula is C10H11F3N4S. The van der Waals surface area contributed by atoms with Gasteiger partial charge in [0, 0.05) is 23.8 Å². The zero-order chi connectivity index (χ0) is 13.5. The average molecular weight is 276 g/mol. The van der Waals surface area contributed by atoms with E-state index in [-0.39, 0.29) is 0 Å². The number of thiazole rings is 1. The van der Waals surface area contributed by atoms with Crippen molar-refractivity contribution in [3.05, 3.63) is 33.5 Å². The van der Waals surface area contributed by atoms with Crippen molar-refractivity contribution in [3.8, 4) is 0 Å². The SMILES string of the molecule is Cc1cc(C(N)c2cnc(C(F)(F)F)s2)nn1C. The van der Waals surface area contributed by atoms with E-state index in [0.29, 0.717) is 21.9 Å². The van der Waals surface area contributed by atoms with Gasteiger partial charge < -0.3 is 5.73 Å². The lowest BCUT2D eigenvalue weighted by atomic mass is 10.2. The quantitative estimate of drug-likeness (QED) is 0.915. The van der Waals surface area contributed by atoms with Gasteiger partial charge in [0.1, 0.15) is 0 Å². The second kappa shape index (κ2) is 4.36.